The number of rotatable bonds is 5. The van der Waals surface area contributed by atoms with Crippen LogP contribution in [0.15, 0.2) is 30.3 Å². The minimum Gasteiger partial charge on any atom is -0.465 e. The van der Waals surface area contributed by atoms with Gasteiger partial charge < -0.3 is 19.4 Å². The molecule has 1 aromatic carbocycles. The topological polar surface area (TPSA) is 86.6 Å². The molecule has 0 radical (unpaired) electrons. The lowest BCUT2D eigenvalue weighted by atomic mass is 10.1. The summed E-state index contributed by atoms with van der Waals surface area (Å²) in [5.41, 5.74) is 2.47. The van der Waals surface area contributed by atoms with Crippen LogP contribution in [0.1, 0.15) is 32.1 Å². The Labute approximate surface area is 145 Å². The molecule has 0 atom stereocenters. The Morgan fingerprint density at radius 2 is 1.56 bits per heavy atom. The second kappa shape index (κ2) is 7.65. The van der Waals surface area contributed by atoms with E-state index in [2.05, 4.69) is 10.1 Å². The minimum absolute atomic E-state index is 0.0910. The molecule has 1 N–H and O–H groups in total. The Morgan fingerprint density at radius 1 is 0.960 bits per heavy atom. The fourth-order valence-corrected chi connectivity index (χ4v) is 2.46. The van der Waals surface area contributed by atoms with E-state index in [1.54, 1.807) is 0 Å². The average molecular weight is 344 g/mol. The monoisotopic (exact) mass is 344 g/mol. The zero-order valence-corrected chi connectivity index (χ0v) is 14.6. The molecule has 1 aromatic heterocycles. The molecule has 7 heteroatoms. The fourth-order valence-electron chi connectivity index (χ4n) is 2.46. The van der Waals surface area contributed by atoms with Gasteiger partial charge in [-0.2, -0.15) is 0 Å². The van der Waals surface area contributed by atoms with Crippen LogP contribution in [0.4, 0.5) is 5.69 Å². The van der Waals surface area contributed by atoms with Crippen LogP contribution in [0.25, 0.3) is 0 Å². The summed E-state index contributed by atoms with van der Waals surface area (Å²) in [4.78, 5) is 36.0. The Kier molecular flexibility index (Phi) is 5.59. The number of esters is 2. The molecule has 0 aliphatic carbocycles. The quantitative estimate of drug-likeness (QED) is 0.841. The van der Waals surface area contributed by atoms with Crippen LogP contribution in [0.5, 0.6) is 0 Å². The maximum absolute atomic E-state index is 12.4. The molecular weight excluding hydrogens is 324 g/mol. The van der Waals surface area contributed by atoms with E-state index in [1.165, 1.54) is 32.4 Å². The van der Waals surface area contributed by atoms with E-state index < -0.39 is 11.9 Å². The van der Waals surface area contributed by atoms with Gasteiger partial charge in [0.2, 0.25) is 5.91 Å². The molecule has 1 amide bonds. The van der Waals surface area contributed by atoms with Gasteiger partial charge in [0.05, 0.1) is 31.0 Å². The van der Waals surface area contributed by atoms with Gasteiger partial charge in [0, 0.05) is 11.4 Å². The summed E-state index contributed by atoms with van der Waals surface area (Å²) in [7, 11) is 2.50. The number of nitrogens with one attached hydrogen (secondary N) is 1. The first-order valence-electron chi connectivity index (χ1n) is 7.60. The van der Waals surface area contributed by atoms with Crippen LogP contribution in [-0.2, 0) is 20.8 Å². The van der Waals surface area contributed by atoms with Crippen LogP contribution in [0.2, 0.25) is 0 Å². The third-order valence-electron chi connectivity index (χ3n) is 3.84. The highest BCUT2D eigenvalue weighted by atomic mass is 16.5. The van der Waals surface area contributed by atoms with E-state index in [0.29, 0.717) is 0 Å². The van der Waals surface area contributed by atoms with Crippen LogP contribution in [-0.4, -0.2) is 36.6 Å². The Hall–Kier alpha value is -3.09. The maximum Gasteiger partial charge on any atom is 0.339 e. The predicted molar refractivity (Wildman–Crippen MR) is 91.7 cm³/mol. The molecule has 0 spiro atoms. The summed E-state index contributed by atoms with van der Waals surface area (Å²) in [6.45, 7) is 3.89. The van der Waals surface area contributed by atoms with Crippen LogP contribution in [0.3, 0.4) is 0 Å². The van der Waals surface area contributed by atoms with Crippen molar-refractivity contribution < 1.29 is 23.9 Å². The number of aromatic nitrogens is 1. The molecule has 0 saturated heterocycles. The lowest BCUT2D eigenvalue weighted by Crippen LogP contribution is -2.22. The van der Waals surface area contributed by atoms with Crippen molar-refractivity contribution in [2.45, 2.75) is 20.4 Å². The molecule has 7 nitrogen and oxygen atoms in total. The highest BCUT2D eigenvalue weighted by Crippen LogP contribution is 2.20. The molecule has 2 rings (SSSR count). The molecule has 0 aliphatic rings. The van der Waals surface area contributed by atoms with E-state index in [-0.39, 0.29) is 29.3 Å². The van der Waals surface area contributed by atoms with Crippen molar-refractivity contribution in [2.24, 2.45) is 0 Å². The van der Waals surface area contributed by atoms with E-state index in [9.17, 15) is 14.4 Å². The standard InChI is InChI=1S/C18H20N2O5/c1-11-5-6-12(2)20(11)10-16(21)19-15-9-13(17(22)24-3)7-8-14(15)18(23)25-4/h5-9H,10H2,1-4H3,(H,19,21). The van der Waals surface area contributed by atoms with Gasteiger partial charge in [0.15, 0.2) is 0 Å². The van der Waals surface area contributed by atoms with E-state index in [0.717, 1.165) is 11.4 Å². The number of nitrogens with zero attached hydrogens (tertiary/aromatic N) is 1. The summed E-state index contributed by atoms with van der Waals surface area (Å²) >= 11 is 0. The first kappa shape index (κ1) is 18.3. The minimum atomic E-state index is -0.611. The highest BCUT2D eigenvalue weighted by Gasteiger charge is 2.18. The SMILES string of the molecule is COC(=O)c1ccc(C(=O)OC)c(NC(=O)Cn2c(C)ccc2C)c1. The molecule has 0 aliphatic heterocycles. The van der Waals surface area contributed by atoms with Crippen molar-refractivity contribution >= 4 is 23.5 Å². The van der Waals surface area contributed by atoms with Crippen molar-refractivity contribution in [3.05, 3.63) is 52.8 Å². The van der Waals surface area contributed by atoms with Gasteiger partial charge in [-0.15, -0.1) is 0 Å². The molecule has 2 aromatic rings. The third kappa shape index (κ3) is 4.06. The number of hydrogen-bond donors (Lipinski definition) is 1. The lowest BCUT2D eigenvalue weighted by molar-refractivity contribution is -0.116. The predicted octanol–water partition coefficient (Wildman–Crippen LogP) is 2.32. The van der Waals surface area contributed by atoms with Gasteiger partial charge in [0.1, 0.15) is 6.54 Å². The summed E-state index contributed by atoms with van der Waals surface area (Å²) in [6, 6.07) is 8.08. The molecule has 0 saturated carbocycles. The Bertz CT molecular complexity index is 803. The van der Waals surface area contributed by atoms with Gasteiger partial charge in [0.25, 0.3) is 0 Å². The number of anilines is 1. The van der Waals surface area contributed by atoms with Crippen LogP contribution < -0.4 is 5.32 Å². The number of amides is 1. The van der Waals surface area contributed by atoms with Gasteiger partial charge in [-0.05, 0) is 44.2 Å². The maximum atomic E-state index is 12.4. The van der Waals surface area contributed by atoms with Crippen molar-refractivity contribution in [1.82, 2.24) is 4.57 Å². The number of aryl methyl sites for hydroxylation is 2. The van der Waals surface area contributed by atoms with E-state index in [4.69, 9.17) is 4.74 Å². The lowest BCUT2D eigenvalue weighted by Gasteiger charge is -2.13. The molecule has 0 unspecified atom stereocenters. The number of methoxy groups -OCH3 is 2. The van der Waals surface area contributed by atoms with Gasteiger partial charge in [-0.25, -0.2) is 9.59 Å². The van der Waals surface area contributed by atoms with Crippen molar-refractivity contribution in [2.75, 3.05) is 19.5 Å². The first-order valence-corrected chi connectivity index (χ1v) is 7.60. The number of carbonyl (C=O) groups is 3. The zero-order valence-electron chi connectivity index (χ0n) is 14.6. The molecule has 1 heterocycles. The fraction of sp³-hybridized carbons (Fsp3) is 0.278. The normalized spacial score (nSPS) is 10.2. The van der Waals surface area contributed by atoms with Crippen molar-refractivity contribution in [3.63, 3.8) is 0 Å². The Balaban J connectivity index is 2.30. The second-order valence-electron chi connectivity index (χ2n) is 5.49. The van der Waals surface area contributed by atoms with Crippen molar-refractivity contribution in [1.29, 1.82) is 0 Å². The summed E-state index contributed by atoms with van der Waals surface area (Å²) in [5, 5.41) is 2.67. The molecule has 132 valence electrons. The largest absolute Gasteiger partial charge is 0.465 e. The van der Waals surface area contributed by atoms with Crippen molar-refractivity contribution in [3.8, 4) is 0 Å². The number of hydrogen-bond acceptors (Lipinski definition) is 5. The third-order valence-corrected chi connectivity index (χ3v) is 3.84. The number of carbonyl (C=O) groups excluding carboxylic acids is 3. The zero-order chi connectivity index (χ0) is 18.6. The van der Waals surface area contributed by atoms with Crippen LogP contribution >= 0.6 is 0 Å². The molecular formula is C18H20N2O5. The molecule has 0 fully saturated rings. The Morgan fingerprint density at radius 3 is 2.12 bits per heavy atom. The first-order chi connectivity index (χ1) is 11.9. The molecule has 0 bridgehead atoms. The molecule has 25 heavy (non-hydrogen) atoms. The smallest absolute Gasteiger partial charge is 0.339 e. The number of benzene rings is 1. The highest BCUT2D eigenvalue weighted by molar-refractivity contribution is 6.03. The van der Waals surface area contributed by atoms with Gasteiger partial charge in [-0.3, -0.25) is 4.79 Å². The summed E-state index contributed by atoms with van der Waals surface area (Å²) < 4.78 is 11.2. The summed E-state index contributed by atoms with van der Waals surface area (Å²) in [6.07, 6.45) is 0. The van der Waals surface area contributed by atoms with Gasteiger partial charge in [-0.1, -0.05) is 0 Å². The summed E-state index contributed by atoms with van der Waals surface area (Å²) in [5.74, 6) is -1.50. The second-order valence-corrected chi connectivity index (χ2v) is 5.49. The van der Waals surface area contributed by atoms with Gasteiger partial charge >= 0.3 is 11.9 Å². The van der Waals surface area contributed by atoms with E-state index in [1.807, 2.05) is 30.5 Å². The van der Waals surface area contributed by atoms with E-state index >= 15 is 0 Å². The average Bonchev–Trinajstić information content (AvgIpc) is 2.92. The van der Waals surface area contributed by atoms with Crippen LogP contribution in [0, 0.1) is 13.8 Å². The number of ether oxygens (including phenoxy) is 2.